The number of aromatic nitrogens is 2. The summed E-state index contributed by atoms with van der Waals surface area (Å²) < 4.78 is 0. The number of nitrogens with two attached hydrogens (primary N) is 1. The summed E-state index contributed by atoms with van der Waals surface area (Å²) in [6, 6.07) is 0. The maximum atomic E-state index is 6.09. The molecule has 0 atom stereocenters. The first kappa shape index (κ1) is 14.6. The highest BCUT2D eigenvalue weighted by atomic mass is 15.2. The van der Waals surface area contributed by atoms with E-state index in [4.69, 9.17) is 10.7 Å². The zero-order valence-corrected chi connectivity index (χ0v) is 13.5. The van der Waals surface area contributed by atoms with Gasteiger partial charge in [0.2, 0.25) is 0 Å². The minimum atomic E-state index is 0.545. The third-order valence-corrected chi connectivity index (χ3v) is 4.85. The highest BCUT2D eigenvalue weighted by Crippen LogP contribution is 2.39. The van der Waals surface area contributed by atoms with Crippen LogP contribution in [-0.4, -0.2) is 48.6 Å². The predicted molar refractivity (Wildman–Crippen MR) is 86.6 cm³/mol. The van der Waals surface area contributed by atoms with E-state index in [0.29, 0.717) is 11.7 Å². The minimum absolute atomic E-state index is 0.545. The molecule has 1 aliphatic carbocycles. The van der Waals surface area contributed by atoms with Crippen molar-refractivity contribution in [2.75, 3.05) is 44.4 Å². The Kier molecular flexibility index (Phi) is 4.02. The van der Waals surface area contributed by atoms with E-state index in [-0.39, 0.29) is 0 Å². The van der Waals surface area contributed by atoms with Gasteiger partial charge < -0.3 is 15.5 Å². The summed E-state index contributed by atoms with van der Waals surface area (Å²) in [7, 11) is 4.35. The highest BCUT2D eigenvalue weighted by molar-refractivity contribution is 5.56. The van der Waals surface area contributed by atoms with Gasteiger partial charge in [-0.1, -0.05) is 0 Å². The van der Waals surface area contributed by atoms with Crippen LogP contribution < -0.4 is 10.6 Å². The summed E-state index contributed by atoms with van der Waals surface area (Å²) in [4.78, 5) is 14.0. The third kappa shape index (κ3) is 3.28. The molecule has 0 spiro atoms. The maximum Gasteiger partial charge on any atom is 0.137 e. The van der Waals surface area contributed by atoms with Gasteiger partial charge in [-0.15, -0.1) is 0 Å². The van der Waals surface area contributed by atoms with Crippen LogP contribution in [0.1, 0.15) is 43.0 Å². The monoisotopic (exact) mass is 289 g/mol. The molecule has 5 heteroatoms. The molecular weight excluding hydrogens is 262 g/mol. The van der Waals surface area contributed by atoms with Gasteiger partial charge in [0.05, 0.1) is 0 Å². The summed E-state index contributed by atoms with van der Waals surface area (Å²) in [5, 5.41) is 0. The summed E-state index contributed by atoms with van der Waals surface area (Å²) in [5.41, 5.74) is 7.11. The molecule has 0 unspecified atom stereocenters. The lowest BCUT2D eigenvalue weighted by Crippen LogP contribution is -2.36. The Morgan fingerprint density at radius 3 is 2.48 bits per heavy atom. The lowest BCUT2D eigenvalue weighted by atomic mass is 9.96. The number of hydrogen-bond donors (Lipinski definition) is 1. The molecule has 1 saturated heterocycles. The Balaban J connectivity index is 1.72. The molecule has 5 nitrogen and oxygen atoms in total. The molecule has 0 aromatic carbocycles. The zero-order valence-electron chi connectivity index (χ0n) is 13.5. The van der Waals surface area contributed by atoms with Gasteiger partial charge in [0.15, 0.2) is 0 Å². The molecule has 1 aromatic rings. The van der Waals surface area contributed by atoms with Crippen molar-refractivity contribution < 1.29 is 0 Å². The SMILES string of the molecule is Cc1c(N)nc(C2CC2)nc1N(C)CC1CCN(C)CC1. The van der Waals surface area contributed by atoms with E-state index in [1.165, 1.54) is 38.8 Å². The van der Waals surface area contributed by atoms with Crippen LogP contribution in [0.5, 0.6) is 0 Å². The fourth-order valence-electron chi connectivity index (χ4n) is 3.15. The Labute approximate surface area is 127 Å². The van der Waals surface area contributed by atoms with Crippen LogP contribution >= 0.6 is 0 Å². The minimum Gasteiger partial charge on any atom is -0.383 e. The molecule has 2 aliphatic rings. The lowest BCUT2D eigenvalue weighted by Gasteiger charge is -2.32. The van der Waals surface area contributed by atoms with Gasteiger partial charge in [-0.25, -0.2) is 9.97 Å². The normalized spacial score (nSPS) is 20.7. The number of hydrogen-bond acceptors (Lipinski definition) is 5. The smallest absolute Gasteiger partial charge is 0.137 e. The largest absolute Gasteiger partial charge is 0.383 e. The fourth-order valence-corrected chi connectivity index (χ4v) is 3.15. The first-order chi connectivity index (χ1) is 10.0. The van der Waals surface area contributed by atoms with Crippen LogP contribution in [0, 0.1) is 12.8 Å². The van der Waals surface area contributed by atoms with Crippen molar-refractivity contribution in [2.45, 2.75) is 38.5 Å². The lowest BCUT2D eigenvalue weighted by molar-refractivity contribution is 0.222. The van der Waals surface area contributed by atoms with E-state index >= 15 is 0 Å². The van der Waals surface area contributed by atoms with E-state index in [2.05, 4.69) is 28.9 Å². The molecule has 1 aromatic heterocycles. The second-order valence-corrected chi connectivity index (χ2v) is 6.82. The van der Waals surface area contributed by atoms with Crippen molar-refractivity contribution in [1.82, 2.24) is 14.9 Å². The van der Waals surface area contributed by atoms with E-state index in [9.17, 15) is 0 Å². The molecule has 3 rings (SSSR count). The molecular formula is C16H27N5. The van der Waals surface area contributed by atoms with Crippen LogP contribution in [0.25, 0.3) is 0 Å². The van der Waals surface area contributed by atoms with Crippen LogP contribution in [0.3, 0.4) is 0 Å². The number of rotatable bonds is 4. The Hall–Kier alpha value is -1.36. The van der Waals surface area contributed by atoms with E-state index < -0.39 is 0 Å². The van der Waals surface area contributed by atoms with E-state index in [1.807, 2.05) is 6.92 Å². The first-order valence-electron chi connectivity index (χ1n) is 8.08. The summed E-state index contributed by atoms with van der Waals surface area (Å²) >= 11 is 0. The average Bonchev–Trinajstić information content (AvgIpc) is 3.28. The second kappa shape index (κ2) is 5.79. The molecule has 0 bridgehead atoms. The van der Waals surface area contributed by atoms with Crippen molar-refractivity contribution >= 4 is 11.6 Å². The van der Waals surface area contributed by atoms with Gasteiger partial charge in [0.1, 0.15) is 17.5 Å². The molecule has 1 aliphatic heterocycles. The molecule has 21 heavy (non-hydrogen) atoms. The van der Waals surface area contributed by atoms with Gasteiger partial charge in [-0.3, -0.25) is 0 Å². The molecule has 0 amide bonds. The Morgan fingerprint density at radius 1 is 1.19 bits per heavy atom. The van der Waals surface area contributed by atoms with Gasteiger partial charge in [0, 0.05) is 25.1 Å². The molecule has 2 fully saturated rings. The fraction of sp³-hybridized carbons (Fsp3) is 0.750. The van der Waals surface area contributed by atoms with Crippen LogP contribution in [0.15, 0.2) is 0 Å². The number of anilines is 2. The van der Waals surface area contributed by atoms with E-state index in [1.54, 1.807) is 0 Å². The van der Waals surface area contributed by atoms with Crippen molar-refractivity contribution in [1.29, 1.82) is 0 Å². The second-order valence-electron chi connectivity index (χ2n) is 6.82. The van der Waals surface area contributed by atoms with Crippen LogP contribution in [0.4, 0.5) is 11.6 Å². The topological polar surface area (TPSA) is 58.3 Å². The quantitative estimate of drug-likeness (QED) is 0.919. The number of likely N-dealkylation sites (tertiary alicyclic amines) is 1. The van der Waals surface area contributed by atoms with Crippen molar-refractivity contribution in [3.05, 3.63) is 11.4 Å². The Morgan fingerprint density at radius 2 is 1.86 bits per heavy atom. The number of nitrogens with zero attached hydrogens (tertiary/aromatic N) is 4. The van der Waals surface area contributed by atoms with Crippen LogP contribution in [-0.2, 0) is 0 Å². The molecule has 0 radical (unpaired) electrons. The molecule has 2 N–H and O–H groups in total. The van der Waals surface area contributed by atoms with Gasteiger partial charge >= 0.3 is 0 Å². The molecule has 116 valence electrons. The van der Waals surface area contributed by atoms with Gasteiger partial charge in [-0.2, -0.15) is 0 Å². The van der Waals surface area contributed by atoms with Crippen LogP contribution in [0.2, 0.25) is 0 Å². The molecule has 2 heterocycles. The number of nitrogen functional groups attached to an aromatic ring is 1. The summed E-state index contributed by atoms with van der Waals surface area (Å²) in [6.07, 6.45) is 4.97. The maximum absolute atomic E-state index is 6.09. The number of piperidine rings is 1. The third-order valence-electron chi connectivity index (χ3n) is 4.85. The van der Waals surface area contributed by atoms with Crippen molar-refractivity contribution in [3.63, 3.8) is 0 Å². The average molecular weight is 289 g/mol. The van der Waals surface area contributed by atoms with E-state index in [0.717, 1.165) is 29.7 Å². The highest BCUT2D eigenvalue weighted by Gasteiger charge is 2.29. The summed E-state index contributed by atoms with van der Waals surface area (Å²) in [5.74, 6) is 3.93. The Bertz CT molecular complexity index is 504. The van der Waals surface area contributed by atoms with Crippen molar-refractivity contribution in [3.8, 4) is 0 Å². The van der Waals surface area contributed by atoms with Gasteiger partial charge in [0.25, 0.3) is 0 Å². The van der Waals surface area contributed by atoms with Crippen molar-refractivity contribution in [2.24, 2.45) is 5.92 Å². The summed E-state index contributed by atoms with van der Waals surface area (Å²) in [6.45, 7) is 5.51. The standard InChI is InChI=1S/C16H27N5/c1-11-14(17)18-15(13-4-5-13)19-16(11)21(3)10-12-6-8-20(2)9-7-12/h12-13H,4-10H2,1-3H3,(H2,17,18,19). The predicted octanol–water partition coefficient (Wildman–Crippen LogP) is 2.02. The molecule has 1 saturated carbocycles. The zero-order chi connectivity index (χ0) is 15.0. The first-order valence-corrected chi connectivity index (χ1v) is 8.08. The van der Waals surface area contributed by atoms with Gasteiger partial charge in [-0.05, 0) is 58.7 Å².